The van der Waals surface area contributed by atoms with E-state index in [1.54, 1.807) is 0 Å². The second-order valence-corrected chi connectivity index (χ2v) is 4.39. The first-order valence-corrected chi connectivity index (χ1v) is 5.95. The summed E-state index contributed by atoms with van der Waals surface area (Å²) < 4.78 is 1.03. The third-order valence-electron chi connectivity index (χ3n) is 1.72. The predicted molar refractivity (Wildman–Crippen MR) is 63.8 cm³/mol. The maximum Gasteiger partial charge on any atom is 0.0455 e. The van der Waals surface area contributed by atoms with Crippen LogP contribution in [0.15, 0.2) is 18.2 Å². The molecule has 1 atom stereocenters. The van der Waals surface area contributed by atoms with Crippen molar-refractivity contribution in [2.75, 3.05) is 4.43 Å². The summed E-state index contributed by atoms with van der Waals surface area (Å²) in [7, 11) is 0. The lowest BCUT2D eigenvalue weighted by Gasteiger charge is -2.11. The highest BCUT2D eigenvalue weighted by atomic mass is 127. The molecule has 0 saturated carbocycles. The molecule has 0 aliphatic heterocycles. The molecule has 1 aromatic rings. The molecule has 0 radical (unpaired) electrons. The second-order valence-electron chi connectivity index (χ2n) is 2.69. The lowest BCUT2D eigenvalue weighted by atomic mass is 10.0. The first kappa shape index (κ1) is 10.6. The van der Waals surface area contributed by atoms with E-state index in [1.165, 1.54) is 0 Å². The molecule has 3 heteroatoms. The van der Waals surface area contributed by atoms with Gasteiger partial charge in [-0.15, -0.1) is 0 Å². The lowest BCUT2D eigenvalue weighted by Crippen LogP contribution is -1.96. The Hall–Kier alpha value is 0.530. The first-order chi connectivity index (χ1) is 5.66. The van der Waals surface area contributed by atoms with Crippen molar-refractivity contribution in [3.8, 4) is 0 Å². The van der Waals surface area contributed by atoms with E-state index in [9.17, 15) is 0 Å². The highest BCUT2D eigenvalue weighted by molar-refractivity contribution is 14.1. The van der Waals surface area contributed by atoms with Gasteiger partial charge in [-0.05, 0) is 23.6 Å². The third-order valence-corrected chi connectivity index (χ3v) is 3.70. The van der Waals surface area contributed by atoms with Gasteiger partial charge in [0.05, 0.1) is 0 Å². The van der Waals surface area contributed by atoms with Gasteiger partial charge < -0.3 is 0 Å². The van der Waals surface area contributed by atoms with Gasteiger partial charge in [0.2, 0.25) is 0 Å². The number of benzene rings is 1. The summed E-state index contributed by atoms with van der Waals surface area (Å²) in [5.74, 6) is 0.423. The van der Waals surface area contributed by atoms with Gasteiger partial charge in [-0.25, -0.2) is 0 Å². The Bertz CT molecular complexity index is 253. The van der Waals surface area contributed by atoms with Gasteiger partial charge >= 0.3 is 0 Å². The highest BCUT2D eigenvalue weighted by Crippen LogP contribution is 2.32. The van der Waals surface area contributed by atoms with Crippen LogP contribution in [0.4, 0.5) is 0 Å². The summed E-state index contributed by atoms with van der Waals surface area (Å²) in [6, 6.07) is 5.63. The van der Waals surface area contributed by atoms with Crippen LogP contribution in [0.3, 0.4) is 0 Å². The van der Waals surface area contributed by atoms with Crippen molar-refractivity contribution in [3.63, 3.8) is 0 Å². The number of halogens is 3. The Kier molecular flexibility index (Phi) is 4.14. The van der Waals surface area contributed by atoms with E-state index in [0.29, 0.717) is 5.92 Å². The molecule has 0 N–H and O–H groups in total. The molecule has 66 valence electrons. The molecule has 0 aliphatic rings. The van der Waals surface area contributed by atoms with Gasteiger partial charge in [0, 0.05) is 14.5 Å². The Labute approximate surface area is 96.4 Å². The van der Waals surface area contributed by atoms with Gasteiger partial charge in [-0.1, -0.05) is 58.8 Å². The minimum Gasteiger partial charge on any atom is -0.0857 e. The van der Waals surface area contributed by atoms with E-state index >= 15 is 0 Å². The Morgan fingerprint density at radius 1 is 1.33 bits per heavy atom. The van der Waals surface area contributed by atoms with Gasteiger partial charge in [0.15, 0.2) is 0 Å². The summed E-state index contributed by atoms with van der Waals surface area (Å²) in [5, 5.41) is 1.54. The minimum absolute atomic E-state index is 0.423. The Morgan fingerprint density at radius 3 is 2.25 bits per heavy atom. The molecule has 0 aliphatic carbocycles. The van der Waals surface area contributed by atoms with Gasteiger partial charge in [0.1, 0.15) is 0 Å². The average molecular weight is 315 g/mol. The molecule has 0 amide bonds. The zero-order valence-corrected chi connectivity index (χ0v) is 10.3. The van der Waals surface area contributed by atoms with Crippen molar-refractivity contribution in [1.29, 1.82) is 0 Å². The summed E-state index contributed by atoms with van der Waals surface area (Å²) in [5.41, 5.74) is 1.07. The Morgan fingerprint density at radius 2 is 1.83 bits per heavy atom. The molecule has 0 bridgehead atoms. The number of hydrogen-bond donors (Lipinski definition) is 0. The molecule has 12 heavy (non-hydrogen) atoms. The first-order valence-electron chi connectivity index (χ1n) is 3.66. The Balaban J connectivity index is 3.12. The van der Waals surface area contributed by atoms with E-state index < -0.39 is 0 Å². The molecule has 0 saturated heterocycles. The van der Waals surface area contributed by atoms with Gasteiger partial charge in [-0.3, -0.25) is 0 Å². The topological polar surface area (TPSA) is 0 Å². The number of rotatable bonds is 2. The van der Waals surface area contributed by atoms with Crippen molar-refractivity contribution in [3.05, 3.63) is 33.8 Å². The molecule has 1 unspecified atom stereocenters. The van der Waals surface area contributed by atoms with Crippen LogP contribution in [-0.2, 0) is 0 Å². The van der Waals surface area contributed by atoms with Crippen LogP contribution in [0.2, 0.25) is 10.0 Å². The molecule has 1 aromatic carbocycles. The van der Waals surface area contributed by atoms with Crippen molar-refractivity contribution in [2.45, 2.75) is 12.8 Å². The predicted octanol–water partition coefficient (Wildman–Crippen LogP) is 4.53. The van der Waals surface area contributed by atoms with Crippen LogP contribution in [0, 0.1) is 0 Å². The fourth-order valence-corrected chi connectivity index (χ4v) is 2.27. The van der Waals surface area contributed by atoms with Crippen LogP contribution in [0.1, 0.15) is 18.4 Å². The quantitative estimate of drug-likeness (QED) is 0.555. The smallest absolute Gasteiger partial charge is 0.0455 e. The van der Waals surface area contributed by atoms with Crippen LogP contribution < -0.4 is 0 Å². The van der Waals surface area contributed by atoms with E-state index in [0.717, 1.165) is 20.0 Å². The second kappa shape index (κ2) is 4.68. The zero-order valence-electron chi connectivity index (χ0n) is 6.65. The molecular formula is C9H9Cl2I. The molecular weight excluding hydrogens is 306 g/mol. The molecule has 0 aromatic heterocycles. The standard InChI is InChI=1S/C9H9Cl2I/c1-6(5-12)9-7(10)3-2-4-8(9)11/h2-4,6H,5H2,1H3. The van der Waals surface area contributed by atoms with Crippen molar-refractivity contribution < 1.29 is 0 Å². The number of alkyl halides is 1. The zero-order chi connectivity index (χ0) is 9.14. The van der Waals surface area contributed by atoms with Gasteiger partial charge in [-0.2, -0.15) is 0 Å². The van der Waals surface area contributed by atoms with E-state index in [4.69, 9.17) is 23.2 Å². The molecule has 1 rings (SSSR count). The van der Waals surface area contributed by atoms with E-state index in [-0.39, 0.29) is 0 Å². The van der Waals surface area contributed by atoms with Crippen LogP contribution in [0.25, 0.3) is 0 Å². The maximum absolute atomic E-state index is 6.02. The fraction of sp³-hybridized carbons (Fsp3) is 0.333. The van der Waals surface area contributed by atoms with Crippen LogP contribution >= 0.6 is 45.8 Å². The SMILES string of the molecule is CC(CI)c1c(Cl)cccc1Cl. The summed E-state index contributed by atoms with van der Waals surface area (Å²) in [6.45, 7) is 2.12. The van der Waals surface area contributed by atoms with Crippen molar-refractivity contribution in [2.24, 2.45) is 0 Å². The molecule has 0 nitrogen and oxygen atoms in total. The fourth-order valence-electron chi connectivity index (χ4n) is 1.06. The monoisotopic (exact) mass is 314 g/mol. The average Bonchev–Trinajstić information content (AvgIpc) is 2.03. The maximum atomic E-state index is 6.02. The molecule has 0 fully saturated rings. The number of hydrogen-bond acceptors (Lipinski definition) is 0. The molecule has 0 heterocycles. The van der Waals surface area contributed by atoms with Crippen LogP contribution in [-0.4, -0.2) is 4.43 Å². The lowest BCUT2D eigenvalue weighted by molar-refractivity contribution is 0.896. The summed E-state index contributed by atoms with van der Waals surface area (Å²) in [6.07, 6.45) is 0. The normalized spacial score (nSPS) is 13.0. The highest BCUT2D eigenvalue weighted by Gasteiger charge is 2.11. The minimum atomic E-state index is 0.423. The van der Waals surface area contributed by atoms with E-state index in [2.05, 4.69) is 29.5 Å². The third kappa shape index (κ3) is 2.27. The van der Waals surface area contributed by atoms with Gasteiger partial charge in [0.25, 0.3) is 0 Å². The van der Waals surface area contributed by atoms with Crippen molar-refractivity contribution >= 4 is 45.8 Å². The van der Waals surface area contributed by atoms with Crippen LogP contribution in [0.5, 0.6) is 0 Å². The molecule has 0 spiro atoms. The largest absolute Gasteiger partial charge is 0.0857 e. The van der Waals surface area contributed by atoms with Crippen molar-refractivity contribution in [1.82, 2.24) is 0 Å². The summed E-state index contributed by atoms with van der Waals surface area (Å²) in [4.78, 5) is 0. The summed E-state index contributed by atoms with van der Waals surface area (Å²) >= 11 is 14.4. The van der Waals surface area contributed by atoms with E-state index in [1.807, 2.05) is 18.2 Å².